The SMILES string of the molecule is CC1=CC(CCNC(=O)OCc2ccccc2)N(C(=O)OC(C)(C)C)C1. The first kappa shape index (κ1) is 19.8. The van der Waals surface area contributed by atoms with Gasteiger partial charge in [-0.1, -0.05) is 42.0 Å². The predicted octanol–water partition coefficient (Wildman–Crippen LogP) is 3.87. The largest absolute Gasteiger partial charge is 0.445 e. The molecule has 6 heteroatoms. The number of amides is 2. The minimum Gasteiger partial charge on any atom is -0.445 e. The van der Waals surface area contributed by atoms with E-state index in [9.17, 15) is 9.59 Å². The summed E-state index contributed by atoms with van der Waals surface area (Å²) >= 11 is 0. The number of carbonyl (C=O) groups excluding carboxylic acids is 2. The molecule has 1 unspecified atom stereocenters. The molecule has 1 heterocycles. The van der Waals surface area contributed by atoms with Crippen molar-refractivity contribution in [2.45, 2.75) is 52.4 Å². The van der Waals surface area contributed by atoms with Crippen LogP contribution < -0.4 is 5.32 Å². The number of hydrogen-bond donors (Lipinski definition) is 1. The standard InChI is InChI=1S/C20H28N2O4/c1-15-12-17(22(13-15)19(24)26-20(2,3)4)10-11-21-18(23)25-14-16-8-6-5-7-9-16/h5-9,12,17H,10-11,13-14H2,1-4H3,(H,21,23). The Morgan fingerprint density at radius 1 is 1.23 bits per heavy atom. The van der Waals surface area contributed by atoms with Gasteiger partial charge in [0.1, 0.15) is 12.2 Å². The summed E-state index contributed by atoms with van der Waals surface area (Å²) in [6.07, 6.45) is 1.86. The summed E-state index contributed by atoms with van der Waals surface area (Å²) in [6, 6.07) is 9.43. The van der Waals surface area contributed by atoms with Crippen LogP contribution in [0.2, 0.25) is 0 Å². The topological polar surface area (TPSA) is 67.9 Å². The fraction of sp³-hybridized carbons (Fsp3) is 0.500. The van der Waals surface area contributed by atoms with Crippen LogP contribution in [0.15, 0.2) is 42.0 Å². The highest BCUT2D eigenvalue weighted by atomic mass is 16.6. The minimum atomic E-state index is -0.530. The van der Waals surface area contributed by atoms with Gasteiger partial charge in [0.05, 0.1) is 6.04 Å². The van der Waals surface area contributed by atoms with Crippen LogP contribution >= 0.6 is 0 Å². The number of nitrogens with one attached hydrogen (secondary N) is 1. The van der Waals surface area contributed by atoms with Gasteiger partial charge in [-0.3, -0.25) is 4.90 Å². The van der Waals surface area contributed by atoms with Gasteiger partial charge < -0.3 is 14.8 Å². The van der Waals surface area contributed by atoms with Crippen LogP contribution in [0.25, 0.3) is 0 Å². The Labute approximate surface area is 155 Å². The van der Waals surface area contributed by atoms with Crippen molar-refractivity contribution in [3.63, 3.8) is 0 Å². The second-order valence-corrected chi connectivity index (χ2v) is 7.47. The maximum Gasteiger partial charge on any atom is 0.411 e. The van der Waals surface area contributed by atoms with Gasteiger partial charge in [-0.2, -0.15) is 0 Å². The van der Waals surface area contributed by atoms with Crippen LogP contribution in [0.4, 0.5) is 9.59 Å². The van der Waals surface area contributed by atoms with Gasteiger partial charge in [0, 0.05) is 13.1 Å². The van der Waals surface area contributed by atoms with E-state index in [1.54, 1.807) is 4.90 Å². The van der Waals surface area contributed by atoms with Crippen molar-refractivity contribution in [1.82, 2.24) is 10.2 Å². The Kier molecular flexibility index (Phi) is 6.66. The monoisotopic (exact) mass is 360 g/mol. The average Bonchev–Trinajstić information content (AvgIpc) is 2.93. The molecule has 142 valence electrons. The lowest BCUT2D eigenvalue weighted by molar-refractivity contribution is 0.0235. The summed E-state index contributed by atoms with van der Waals surface area (Å²) in [5, 5.41) is 2.73. The summed E-state index contributed by atoms with van der Waals surface area (Å²) in [4.78, 5) is 25.8. The van der Waals surface area contributed by atoms with Gasteiger partial charge in [-0.05, 0) is 39.7 Å². The Hall–Kier alpha value is -2.50. The first-order chi connectivity index (χ1) is 12.2. The highest BCUT2D eigenvalue weighted by Crippen LogP contribution is 2.21. The van der Waals surface area contributed by atoms with Crippen molar-refractivity contribution < 1.29 is 19.1 Å². The van der Waals surface area contributed by atoms with E-state index in [1.807, 2.05) is 64.1 Å². The maximum atomic E-state index is 12.3. The molecule has 0 aromatic heterocycles. The van der Waals surface area contributed by atoms with Crippen molar-refractivity contribution in [2.75, 3.05) is 13.1 Å². The van der Waals surface area contributed by atoms with Gasteiger partial charge in [-0.25, -0.2) is 9.59 Å². The molecule has 2 amide bonds. The maximum absolute atomic E-state index is 12.3. The van der Waals surface area contributed by atoms with Gasteiger partial charge in [0.25, 0.3) is 0 Å². The number of alkyl carbamates (subject to hydrolysis) is 1. The Balaban J connectivity index is 1.76. The highest BCUT2D eigenvalue weighted by molar-refractivity contribution is 5.70. The molecule has 0 bridgehead atoms. The number of carbonyl (C=O) groups is 2. The van der Waals surface area contributed by atoms with E-state index in [0.717, 1.165) is 11.1 Å². The fourth-order valence-electron chi connectivity index (χ4n) is 2.71. The van der Waals surface area contributed by atoms with Crippen molar-refractivity contribution in [3.05, 3.63) is 47.5 Å². The number of benzene rings is 1. The Bertz CT molecular complexity index is 650. The molecular weight excluding hydrogens is 332 g/mol. The molecule has 0 radical (unpaired) electrons. The number of hydrogen-bond acceptors (Lipinski definition) is 4. The molecule has 1 N–H and O–H groups in total. The number of rotatable bonds is 5. The molecule has 1 aromatic carbocycles. The van der Waals surface area contributed by atoms with Crippen LogP contribution in [0.1, 0.15) is 39.7 Å². The highest BCUT2D eigenvalue weighted by Gasteiger charge is 2.30. The molecule has 0 fully saturated rings. The predicted molar refractivity (Wildman–Crippen MR) is 99.7 cm³/mol. The molecule has 1 aliphatic rings. The molecule has 2 rings (SSSR count). The van der Waals surface area contributed by atoms with Crippen molar-refractivity contribution in [3.8, 4) is 0 Å². The third kappa shape index (κ3) is 6.43. The lowest BCUT2D eigenvalue weighted by Gasteiger charge is -2.28. The summed E-state index contributed by atoms with van der Waals surface area (Å²) < 4.78 is 10.6. The zero-order valence-corrected chi connectivity index (χ0v) is 16.0. The van der Waals surface area contributed by atoms with Crippen LogP contribution in [0.3, 0.4) is 0 Å². The van der Waals surface area contributed by atoms with Crippen molar-refractivity contribution in [1.29, 1.82) is 0 Å². The van der Waals surface area contributed by atoms with Gasteiger partial charge >= 0.3 is 12.2 Å². The molecule has 6 nitrogen and oxygen atoms in total. The van der Waals surface area contributed by atoms with Gasteiger partial charge in [-0.15, -0.1) is 0 Å². The third-order valence-corrected chi connectivity index (χ3v) is 3.85. The summed E-state index contributed by atoms with van der Waals surface area (Å²) in [7, 11) is 0. The molecule has 1 atom stereocenters. The first-order valence-corrected chi connectivity index (χ1v) is 8.86. The summed E-state index contributed by atoms with van der Waals surface area (Å²) in [5.74, 6) is 0. The molecule has 0 saturated heterocycles. The average molecular weight is 360 g/mol. The van der Waals surface area contributed by atoms with E-state index in [1.165, 1.54) is 0 Å². The second-order valence-electron chi connectivity index (χ2n) is 7.47. The molecule has 0 saturated carbocycles. The molecule has 26 heavy (non-hydrogen) atoms. The van der Waals surface area contributed by atoms with E-state index >= 15 is 0 Å². The van der Waals surface area contributed by atoms with Crippen LogP contribution in [-0.2, 0) is 16.1 Å². The quantitative estimate of drug-likeness (QED) is 0.810. The second kappa shape index (κ2) is 8.74. The molecule has 1 aliphatic heterocycles. The summed E-state index contributed by atoms with van der Waals surface area (Å²) in [6.45, 7) is 8.74. The normalized spacial score (nSPS) is 16.8. The molecule has 0 spiro atoms. The lowest BCUT2D eigenvalue weighted by atomic mass is 10.2. The van der Waals surface area contributed by atoms with Crippen molar-refractivity contribution in [2.24, 2.45) is 0 Å². The molecule has 0 aliphatic carbocycles. The molecular formula is C20H28N2O4. The van der Waals surface area contributed by atoms with Crippen molar-refractivity contribution >= 4 is 12.2 Å². The van der Waals surface area contributed by atoms with Gasteiger partial charge in [0.15, 0.2) is 0 Å². The van der Waals surface area contributed by atoms with E-state index in [0.29, 0.717) is 19.5 Å². The zero-order valence-electron chi connectivity index (χ0n) is 16.0. The van der Waals surface area contributed by atoms with E-state index < -0.39 is 11.7 Å². The zero-order chi connectivity index (χ0) is 19.2. The summed E-state index contributed by atoms with van der Waals surface area (Å²) in [5.41, 5.74) is 1.53. The fourth-order valence-corrected chi connectivity index (χ4v) is 2.71. The minimum absolute atomic E-state index is 0.0840. The van der Waals surface area contributed by atoms with E-state index in [-0.39, 0.29) is 18.7 Å². The Morgan fingerprint density at radius 2 is 1.92 bits per heavy atom. The van der Waals surface area contributed by atoms with Gasteiger partial charge in [0.2, 0.25) is 0 Å². The first-order valence-electron chi connectivity index (χ1n) is 8.86. The van der Waals surface area contributed by atoms with Crippen LogP contribution in [0.5, 0.6) is 0 Å². The van der Waals surface area contributed by atoms with Crippen LogP contribution in [-0.4, -0.2) is 41.8 Å². The number of nitrogens with zero attached hydrogens (tertiary/aromatic N) is 1. The smallest absolute Gasteiger partial charge is 0.411 e. The van der Waals surface area contributed by atoms with E-state index in [2.05, 4.69) is 5.32 Å². The van der Waals surface area contributed by atoms with Crippen LogP contribution in [0, 0.1) is 0 Å². The third-order valence-electron chi connectivity index (χ3n) is 3.85. The molecule has 1 aromatic rings. The Morgan fingerprint density at radius 3 is 2.58 bits per heavy atom. The number of ether oxygens (including phenoxy) is 2. The lowest BCUT2D eigenvalue weighted by Crippen LogP contribution is -2.41. The van der Waals surface area contributed by atoms with E-state index in [4.69, 9.17) is 9.47 Å².